The van der Waals surface area contributed by atoms with Crippen molar-refractivity contribution in [3.05, 3.63) is 41.1 Å². The molecule has 0 bridgehead atoms. The van der Waals surface area contributed by atoms with Crippen molar-refractivity contribution in [2.75, 3.05) is 18.8 Å². The van der Waals surface area contributed by atoms with Crippen LogP contribution in [0.15, 0.2) is 34.1 Å². The molecular formula is C19H25N5O3. The number of carbonyl (C=O) groups excluding carboxylic acids is 1. The molecule has 0 unspecified atom stereocenters. The van der Waals surface area contributed by atoms with Gasteiger partial charge in [0.25, 0.3) is 0 Å². The zero-order chi connectivity index (χ0) is 19.4. The number of benzene rings is 1. The van der Waals surface area contributed by atoms with Crippen molar-refractivity contribution in [2.45, 2.75) is 45.4 Å². The molecule has 27 heavy (non-hydrogen) atoms. The van der Waals surface area contributed by atoms with E-state index in [-0.39, 0.29) is 16.9 Å². The minimum atomic E-state index is -0.542. The van der Waals surface area contributed by atoms with Gasteiger partial charge in [-0.3, -0.25) is 0 Å². The molecule has 0 radical (unpaired) electrons. The SMILES string of the molecule is CC(C)(C)c1ccc(C(=O)ON=C(c2nonc2N)N2CCCCC2)cc1. The van der Waals surface area contributed by atoms with E-state index < -0.39 is 5.97 Å². The third-order valence-corrected chi connectivity index (χ3v) is 4.58. The Labute approximate surface area is 158 Å². The van der Waals surface area contributed by atoms with Gasteiger partial charge in [-0.2, -0.15) is 0 Å². The predicted octanol–water partition coefficient (Wildman–Crippen LogP) is 2.95. The summed E-state index contributed by atoms with van der Waals surface area (Å²) in [7, 11) is 0. The highest BCUT2D eigenvalue weighted by atomic mass is 16.7. The minimum absolute atomic E-state index is 0.0134. The lowest BCUT2D eigenvalue weighted by molar-refractivity contribution is 0.0509. The van der Waals surface area contributed by atoms with Crippen LogP contribution in [0, 0.1) is 0 Å². The summed E-state index contributed by atoms with van der Waals surface area (Å²) in [6, 6.07) is 7.33. The van der Waals surface area contributed by atoms with Gasteiger partial charge in [0.2, 0.25) is 5.84 Å². The molecule has 1 aliphatic rings. The fraction of sp³-hybridized carbons (Fsp3) is 0.474. The molecule has 3 rings (SSSR count). The molecule has 1 fully saturated rings. The molecule has 0 saturated carbocycles. The number of nitrogens with two attached hydrogens (primary N) is 1. The zero-order valence-electron chi connectivity index (χ0n) is 15.9. The molecule has 0 atom stereocenters. The first-order valence-electron chi connectivity index (χ1n) is 9.09. The number of hydrogen-bond donors (Lipinski definition) is 1. The number of nitrogens with zero attached hydrogens (tertiary/aromatic N) is 4. The monoisotopic (exact) mass is 371 g/mol. The van der Waals surface area contributed by atoms with Gasteiger partial charge in [0, 0.05) is 13.1 Å². The number of amidine groups is 1. The summed E-state index contributed by atoms with van der Waals surface area (Å²) in [6.45, 7) is 7.91. The number of hydrogen-bond acceptors (Lipinski definition) is 7. The van der Waals surface area contributed by atoms with Gasteiger partial charge in [0.15, 0.2) is 11.5 Å². The summed E-state index contributed by atoms with van der Waals surface area (Å²) in [5.74, 6) is -0.0574. The van der Waals surface area contributed by atoms with Crippen LogP contribution >= 0.6 is 0 Å². The van der Waals surface area contributed by atoms with E-state index in [9.17, 15) is 4.79 Å². The molecule has 1 aromatic heterocycles. The summed E-state index contributed by atoms with van der Waals surface area (Å²) in [5.41, 5.74) is 7.67. The van der Waals surface area contributed by atoms with Crippen LogP contribution in [0.3, 0.4) is 0 Å². The molecule has 2 aromatic rings. The van der Waals surface area contributed by atoms with E-state index in [1.54, 1.807) is 12.1 Å². The smallest absolute Gasteiger partial charge is 0.365 e. The van der Waals surface area contributed by atoms with Crippen molar-refractivity contribution in [1.82, 2.24) is 15.2 Å². The van der Waals surface area contributed by atoms with Crippen LogP contribution in [0.25, 0.3) is 0 Å². The normalized spacial score (nSPS) is 15.7. The van der Waals surface area contributed by atoms with Crippen LogP contribution in [0.2, 0.25) is 0 Å². The second-order valence-electron chi connectivity index (χ2n) is 7.67. The van der Waals surface area contributed by atoms with Crippen LogP contribution in [-0.4, -0.2) is 40.1 Å². The summed E-state index contributed by atoms with van der Waals surface area (Å²) >= 11 is 0. The Morgan fingerprint density at radius 2 is 1.81 bits per heavy atom. The lowest BCUT2D eigenvalue weighted by Gasteiger charge is -2.28. The molecule has 1 aromatic carbocycles. The third kappa shape index (κ3) is 4.45. The van der Waals surface area contributed by atoms with Gasteiger partial charge in [-0.15, -0.1) is 0 Å². The molecule has 0 spiro atoms. The Kier molecular flexibility index (Phi) is 5.43. The molecular weight excluding hydrogens is 346 g/mol. The summed E-state index contributed by atoms with van der Waals surface area (Å²) in [6.07, 6.45) is 3.19. The van der Waals surface area contributed by atoms with E-state index in [1.165, 1.54) is 0 Å². The van der Waals surface area contributed by atoms with Crippen LogP contribution in [0.5, 0.6) is 0 Å². The number of aromatic nitrogens is 2. The average Bonchev–Trinajstić information content (AvgIpc) is 3.08. The maximum Gasteiger partial charge on any atom is 0.365 e. The lowest BCUT2D eigenvalue weighted by atomic mass is 9.87. The van der Waals surface area contributed by atoms with Crippen molar-refractivity contribution in [3.8, 4) is 0 Å². The van der Waals surface area contributed by atoms with Gasteiger partial charge < -0.3 is 15.5 Å². The molecule has 1 aliphatic heterocycles. The molecule has 8 nitrogen and oxygen atoms in total. The van der Waals surface area contributed by atoms with Crippen LogP contribution in [0.4, 0.5) is 5.82 Å². The van der Waals surface area contributed by atoms with Crippen molar-refractivity contribution in [3.63, 3.8) is 0 Å². The topological polar surface area (TPSA) is 107 Å². The number of piperidine rings is 1. The largest absolute Gasteiger partial charge is 0.379 e. The molecule has 1 saturated heterocycles. The fourth-order valence-electron chi connectivity index (χ4n) is 2.95. The highest BCUT2D eigenvalue weighted by Crippen LogP contribution is 2.22. The lowest BCUT2D eigenvalue weighted by Crippen LogP contribution is -2.37. The zero-order valence-corrected chi connectivity index (χ0v) is 15.9. The number of anilines is 1. The van der Waals surface area contributed by atoms with Gasteiger partial charge >= 0.3 is 5.97 Å². The quantitative estimate of drug-likeness (QED) is 0.382. The van der Waals surface area contributed by atoms with Crippen LogP contribution < -0.4 is 5.73 Å². The Hall–Kier alpha value is -2.90. The Balaban J connectivity index is 1.79. The van der Waals surface area contributed by atoms with Gasteiger partial charge in [-0.1, -0.05) is 38.1 Å². The number of nitrogen functional groups attached to an aromatic ring is 1. The molecule has 0 amide bonds. The standard InChI is InChI=1S/C19H25N5O3/c1-19(2,3)14-9-7-13(8-10-14)18(25)26-23-17(15-16(20)22-27-21-15)24-11-5-4-6-12-24/h7-10H,4-6,11-12H2,1-3H3,(H2,20,22). The second-order valence-corrected chi connectivity index (χ2v) is 7.67. The van der Waals surface area contributed by atoms with Crippen molar-refractivity contribution in [2.24, 2.45) is 5.16 Å². The van der Waals surface area contributed by atoms with Gasteiger partial charge in [-0.05, 0) is 52.7 Å². The molecule has 0 aliphatic carbocycles. The first kappa shape index (κ1) is 18.9. The molecule has 8 heteroatoms. The summed E-state index contributed by atoms with van der Waals surface area (Å²) in [4.78, 5) is 19.6. The van der Waals surface area contributed by atoms with Crippen molar-refractivity contribution >= 4 is 17.6 Å². The van der Waals surface area contributed by atoms with Gasteiger partial charge in [0.1, 0.15) is 0 Å². The molecule has 144 valence electrons. The number of carbonyl (C=O) groups is 1. The van der Waals surface area contributed by atoms with Crippen molar-refractivity contribution < 1.29 is 14.3 Å². The second kappa shape index (κ2) is 7.77. The van der Waals surface area contributed by atoms with E-state index in [0.717, 1.165) is 37.9 Å². The number of rotatable bonds is 3. The average molecular weight is 371 g/mol. The Morgan fingerprint density at radius 3 is 2.37 bits per heavy atom. The first-order chi connectivity index (χ1) is 12.9. The molecule has 2 N–H and O–H groups in total. The number of oxime groups is 1. The highest BCUT2D eigenvalue weighted by molar-refractivity contribution is 6.00. The summed E-state index contributed by atoms with van der Waals surface area (Å²) in [5, 5.41) is 11.4. The van der Waals surface area contributed by atoms with Crippen LogP contribution in [-0.2, 0) is 10.3 Å². The third-order valence-electron chi connectivity index (χ3n) is 4.58. The maximum absolute atomic E-state index is 12.4. The van der Waals surface area contributed by atoms with E-state index in [4.69, 9.17) is 10.6 Å². The summed E-state index contributed by atoms with van der Waals surface area (Å²) < 4.78 is 4.68. The Morgan fingerprint density at radius 1 is 1.15 bits per heavy atom. The number of likely N-dealkylation sites (tertiary alicyclic amines) is 1. The first-order valence-corrected chi connectivity index (χ1v) is 9.09. The Bertz CT molecular complexity index is 815. The van der Waals surface area contributed by atoms with Crippen molar-refractivity contribution in [1.29, 1.82) is 0 Å². The van der Waals surface area contributed by atoms with E-state index >= 15 is 0 Å². The molecule has 2 heterocycles. The van der Waals surface area contributed by atoms with Crippen LogP contribution in [0.1, 0.15) is 61.6 Å². The van der Waals surface area contributed by atoms with E-state index in [1.807, 2.05) is 17.0 Å². The van der Waals surface area contributed by atoms with E-state index in [2.05, 4.69) is 40.9 Å². The van der Waals surface area contributed by atoms with Gasteiger partial charge in [-0.25, -0.2) is 9.42 Å². The van der Waals surface area contributed by atoms with E-state index in [0.29, 0.717) is 11.4 Å². The minimum Gasteiger partial charge on any atom is -0.379 e. The van der Waals surface area contributed by atoms with Gasteiger partial charge in [0.05, 0.1) is 5.56 Å². The highest BCUT2D eigenvalue weighted by Gasteiger charge is 2.24. The fourth-order valence-corrected chi connectivity index (χ4v) is 2.95. The predicted molar refractivity (Wildman–Crippen MR) is 101 cm³/mol. The maximum atomic E-state index is 12.4.